The van der Waals surface area contributed by atoms with Crippen LogP contribution in [-0.2, 0) is 0 Å². The number of carbonyl (C=O) groups excluding carboxylic acids is 1. The van der Waals surface area contributed by atoms with Gasteiger partial charge in [-0.15, -0.1) is 0 Å². The van der Waals surface area contributed by atoms with Crippen LogP contribution in [0.3, 0.4) is 0 Å². The molecule has 0 spiro atoms. The van der Waals surface area contributed by atoms with Gasteiger partial charge in [0.15, 0.2) is 11.5 Å². The molecule has 3 aliphatic heterocycles. The predicted molar refractivity (Wildman–Crippen MR) is 118 cm³/mol. The van der Waals surface area contributed by atoms with Gasteiger partial charge in [0.25, 0.3) is 5.91 Å². The number of ether oxygens (including phenoxy) is 3. The van der Waals surface area contributed by atoms with E-state index >= 15 is 0 Å². The Labute approximate surface area is 183 Å². The zero-order valence-electron chi connectivity index (χ0n) is 18.0. The molecule has 2 aromatic rings. The first kappa shape index (κ1) is 20.2. The zero-order chi connectivity index (χ0) is 21.2. The molecular formula is C25H30N2O4. The van der Waals surface area contributed by atoms with Gasteiger partial charge in [0.05, 0.1) is 7.11 Å². The maximum absolute atomic E-state index is 13.1. The molecule has 0 aromatic heterocycles. The molecule has 0 radical (unpaired) electrons. The molecule has 2 bridgehead atoms. The minimum Gasteiger partial charge on any atom is -0.497 e. The van der Waals surface area contributed by atoms with Gasteiger partial charge in [0, 0.05) is 24.2 Å². The van der Waals surface area contributed by atoms with Gasteiger partial charge in [0.2, 0.25) is 0 Å². The summed E-state index contributed by atoms with van der Waals surface area (Å²) < 4.78 is 17.1. The fraction of sp³-hybridized carbons (Fsp3) is 0.480. The van der Waals surface area contributed by atoms with Gasteiger partial charge in [-0.05, 0) is 74.5 Å². The number of nitrogens with one attached hydrogen (secondary N) is 1. The third-order valence-electron chi connectivity index (χ3n) is 6.77. The Hall–Kier alpha value is -2.73. The SMILES string of the molecule is COc1ccc(C(=O)N2[C@@H]3CC[C@H]2CC(CNCC2COc4ccccc4O2)C3)cc1. The van der Waals surface area contributed by atoms with Crippen molar-refractivity contribution in [3.8, 4) is 17.2 Å². The lowest BCUT2D eigenvalue weighted by molar-refractivity contribution is 0.0515. The standard InChI is InChI=1S/C25H30N2O4/c1-29-21-10-6-18(7-11-21)25(28)27-19-8-9-20(27)13-17(12-19)14-26-15-22-16-30-23-4-2-3-5-24(23)31-22/h2-7,10-11,17,19-20,22,26H,8-9,12-16H2,1H3/t17?,19-,20+,22?. The number of amides is 1. The van der Waals surface area contributed by atoms with Crippen molar-refractivity contribution in [1.29, 1.82) is 0 Å². The van der Waals surface area contributed by atoms with Crippen LogP contribution in [-0.4, -0.2) is 55.8 Å². The molecule has 164 valence electrons. The molecule has 31 heavy (non-hydrogen) atoms. The van der Waals surface area contributed by atoms with Crippen LogP contribution in [0.4, 0.5) is 0 Å². The van der Waals surface area contributed by atoms with Gasteiger partial charge in [-0.1, -0.05) is 12.1 Å². The first-order valence-corrected chi connectivity index (χ1v) is 11.3. The third kappa shape index (κ3) is 4.22. The summed E-state index contributed by atoms with van der Waals surface area (Å²) in [6.45, 7) is 2.30. The van der Waals surface area contributed by atoms with Crippen LogP contribution in [0.25, 0.3) is 0 Å². The van der Waals surface area contributed by atoms with Crippen molar-refractivity contribution in [1.82, 2.24) is 10.2 Å². The highest BCUT2D eigenvalue weighted by Crippen LogP contribution is 2.39. The molecule has 6 heteroatoms. The van der Waals surface area contributed by atoms with Crippen molar-refractivity contribution in [3.05, 3.63) is 54.1 Å². The van der Waals surface area contributed by atoms with Crippen LogP contribution in [0.1, 0.15) is 36.0 Å². The van der Waals surface area contributed by atoms with E-state index in [0.717, 1.165) is 61.6 Å². The lowest BCUT2D eigenvalue weighted by Crippen LogP contribution is -2.48. The molecule has 3 heterocycles. The maximum atomic E-state index is 13.1. The van der Waals surface area contributed by atoms with Crippen LogP contribution >= 0.6 is 0 Å². The summed E-state index contributed by atoms with van der Waals surface area (Å²) in [6.07, 6.45) is 4.38. The monoisotopic (exact) mass is 422 g/mol. The van der Waals surface area contributed by atoms with Crippen molar-refractivity contribution in [2.75, 3.05) is 26.8 Å². The number of hydrogen-bond donors (Lipinski definition) is 1. The Kier molecular flexibility index (Phi) is 5.72. The number of piperidine rings is 1. The molecule has 3 aliphatic rings. The van der Waals surface area contributed by atoms with Crippen LogP contribution in [0, 0.1) is 5.92 Å². The summed E-state index contributed by atoms with van der Waals surface area (Å²) in [5, 5.41) is 3.59. The zero-order valence-corrected chi connectivity index (χ0v) is 18.0. The summed E-state index contributed by atoms with van der Waals surface area (Å²) in [6, 6.07) is 16.0. The Morgan fingerprint density at radius 1 is 1.03 bits per heavy atom. The predicted octanol–water partition coefficient (Wildman–Crippen LogP) is 3.51. The van der Waals surface area contributed by atoms with Crippen LogP contribution in [0.5, 0.6) is 17.2 Å². The summed E-state index contributed by atoms with van der Waals surface area (Å²) in [7, 11) is 1.64. The molecule has 2 aromatic carbocycles. The van der Waals surface area contributed by atoms with E-state index in [4.69, 9.17) is 14.2 Å². The van der Waals surface area contributed by atoms with E-state index in [1.807, 2.05) is 48.5 Å². The second kappa shape index (κ2) is 8.79. The van der Waals surface area contributed by atoms with Gasteiger partial charge in [-0.2, -0.15) is 0 Å². The first-order chi connectivity index (χ1) is 15.2. The molecule has 5 rings (SSSR count). The third-order valence-corrected chi connectivity index (χ3v) is 6.77. The van der Waals surface area contributed by atoms with E-state index in [-0.39, 0.29) is 12.0 Å². The Balaban J connectivity index is 1.12. The smallest absolute Gasteiger partial charge is 0.254 e. The second-order valence-corrected chi connectivity index (χ2v) is 8.82. The van der Waals surface area contributed by atoms with E-state index in [2.05, 4.69) is 10.2 Å². The van der Waals surface area contributed by atoms with Gasteiger partial charge in [0.1, 0.15) is 18.5 Å². The molecule has 6 nitrogen and oxygen atoms in total. The van der Waals surface area contributed by atoms with Crippen molar-refractivity contribution in [2.24, 2.45) is 5.92 Å². The number of carbonyl (C=O) groups is 1. The highest BCUT2D eigenvalue weighted by Gasteiger charge is 2.43. The van der Waals surface area contributed by atoms with Crippen molar-refractivity contribution >= 4 is 5.91 Å². The highest BCUT2D eigenvalue weighted by molar-refractivity contribution is 5.95. The lowest BCUT2D eigenvalue weighted by Gasteiger charge is -2.39. The highest BCUT2D eigenvalue weighted by atomic mass is 16.6. The molecule has 2 fully saturated rings. The minimum atomic E-state index is 0.0309. The number of para-hydroxylation sites is 2. The number of fused-ring (bicyclic) bond motifs is 3. The number of benzene rings is 2. The van der Waals surface area contributed by atoms with Crippen molar-refractivity contribution in [2.45, 2.75) is 43.9 Å². The van der Waals surface area contributed by atoms with Gasteiger partial charge >= 0.3 is 0 Å². The average Bonchev–Trinajstić information content (AvgIpc) is 3.08. The maximum Gasteiger partial charge on any atom is 0.254 e. The van der Waals surface area contributed by atoms with Gasteiger partial charge in [-0.3, -0.25) is 4.79 Å². The molecule has 1 N–H and O–H groups in total. The first-order valence-electron chi connectivity index (χ1n) is 11.3. The number of nitrogens with zero attached hydrogens (tertiary/aromatic N) is 1. The fourth-order valence-corrected chi connectivity index (χ4v) is 5.28. The molecule has 0 saturated carbocycles. The van der Waals surface area contributed by atoms with E-state index in [1.54, 1.807) is 7.11 Å². The molecule has 0 aliphatic carbocycles. The van der Waals surface area contributed by atoms with E-state index in [9.17, 15) is 4.79 Å². The summed E-state index contributed by atoms with van der Waals surface area (Å²) in [5.74, 6) is 3.18. The van der Waals surface area contributed by atoms with Gasteiger partial charge < -0.3 is 24.4 Å². The molecular weight excluding hydrogens is 392 g/mol. The Morgan fingerprint density at radius 2 is 1.74 bits per heavy atom. The summed E-state index contributed by atoms with van der Waals surface area (Å²) in [5.41, 5.74) is 0.754. The average molecular weight is 423 g/mol. The summed E-state index contributed by atoms with van der Waals surface area (Å²) in [4.78, 5) is 15.3. The van der Waals surface area contributed by atoms with Crippen molar-refractivity contribution < 1.29 is 19.0 Å². The van der Waals surface area contributed by atoms with E-state index in [1.165, 1.54) is 0 Å². The van der Waals surface area contributed by atoms with Crippen LogP contribution < -0.4 is 19.5 Å². The van der Waals surface area contributed by atoms with Crippen molar-refractivity contribution in [3.63, 3.8) is 0 Å². The molecule has 2 unspecified atom stereocenters. The molecule has 4 atom stereocenters. The molecule has 1 amide bonds. The number of rotatable bonds is 6. The second-order valence-electron chi connectivity index (χ2n) is 8.82. The Morgan fingerprint density at radius 3 is 2.45 bits per heavy atom. The quantitative estimate of drug-likeness (QED) is 0.772. The lowest BCUT2D eigenvalue weighted by atomic mass is 9.90. The largest absolute Gasteiger partial charge is 0.497 e. The minimum absolute atomic E-state index is 0.0309. The van der Waals surface area contributed by atoms with Crippen LogP contribution in [0.15, 0.2) is 48.5 Å². The van der Waals surface area contributed by atoms with Crippen LogP contribution in [0.2, 0.25) is 0 Å². The fourth-order valence-electron chi connectivity index (χ4n) is 5.28. The topological polar surface area (TPSA) is 60.0 Å². The molecule has 2 saturated heterocycles. The number of hydrogen-bond acceptors (Lipinski definition) is 5. The number of methoxy groups -OCH3 is 1. The van der Waals surface area contributed by atoms with E-state index < -0.39 is 0 Å². The normalized spacial score (nSPS) is 26.5. The van der Waals surface area contributed by atoms with E-state index in [0.29, 0.717) is 24.6 Å². The Bertz CT molecular complexity index is 902. The van der Waals surface area contributed by atoms with Gasteiger partial charge in [-0.25, -0.2) is 0 Å². The summed E-state index contributed by atoms with van der Waals surface area (Å²) >= 11 is 0.